The smallest absolute Gasteiger partial charge is 0.141 e. The molecular formula is C8H12O. The highest BCUT2D eigenvalue weighted by Crippen LogP contribution is 2.12. The Labute approximate surface area is 56.4 Å². The molecular weight excluding hydrogens is 112 g/mol. The van der Waals surface area contributed by atoms with E-state index in [-0.39, 0.29) is 11.5 Å². The lowest BCUT2D eigenvalue weighted by molar-refractivity contribution is 0.444. The summed E-state index contributed by atoms with van der Waals surface area (Å²) in [4.78, 5) is 0. The highest BCUT2D eigenvalue weighted by molar-refractivity contribution is 5.14. The van der Waals surface area contributed by atoms with E-state index in [2.05, 4.69) is 32.6 Å². The van der Waals surface area contributed by atoms with E-state index in [1.807, 2.05) is 0 Å². The molecule has 0 N–H and O–H groups in total. The lowest BCUT2D eigenvalue weighted by Crippen LogP contribution is -1.99. The molecule has 50 valence electrons. The van der Waals surface area contributed by atoms with Gasteiger partial charge in [-0.05, 0) is 20.8 Å². The van der Waals surface area contributed by atoms with Crippen molar-refractivity contribution >= 4 is 0 Å². The molecule has 1 unspecified atom stereocenters. The van der Waals surface area contributed by atoms with Crippen LogP contribution in [-0.4, -0.2) is 12.7 Å². The Bertz CT molecular complexity index is 150. The van der Waals surface area contributed by atoms with Crippen LogP contribution in [0, 0.1) is 17.3 Å². The van der Waals surface area contributed by atoms with E-state index in [0.29, 0.717) is 0 Å². The molecule has 0 spiro atoms. The third-order valence-corrected chi connectivity index (χ3v) is 0.941. The molecule has 0 aromatic heterocycles. The zero-order valence-electron chi connectivity index (χ0n) is 6.19. The van der Waals surface area contributed by atoms with Gasteiger partial charge in [0.15, 0.2) is 0 Å². The van der Waals surface area contributed by atoms with E-state index < -0.39 is 0 Å². The highest BCUT2D eigenvalue weighted by Gasteiger charge is 2.19. The molecule has 1 nitrogen and oxygen atoms in total. The Balaban J connectivity index is 2.39. The van der Waals surface area contributed by atoms with Gasteiger partial charge in [-0.2, -0.15) is 0 Å². The SMILES string of the molecule is CC(C)(C)C#CC1CO1. The maximum atomic E-state index is 4.93. The first kappa shape index (κ1) is 6.64. The molecule has 9 heavy (non-hydrogen) atoms. The summed E-state index contributed by atoms with van der Waals surface area (Å²) in [6.45, 7) is 7.14. The summed E-state index contributed by atoms with van der Waals surface area (Å²) in [5.41, 5.74) is 0.131. The zero-order chi connectivity index (χ0) is 6.91. The molecule has 0 aromatic carbocycles. The van der Waals surface area contributed by atoms with Crippen molar-refractivity contribution in [2.45, 2.75) is 26.9 Å². The van der Waals surface area contributed by atoms with Crippen LogP contribution in [0.4, 0.5) is 0 Å². The van der Waals surface area contributed by atoms with Crippen molar-refractivity contribution in [1.82, 2.24) is 0 Å². The minimum Gasteiger partial charge on any atom is -0.359 e. The fourth-order valence-corrected chi connectivity index (χ4v) is 0.428. The van der Waals surface area contributed by atoms with E-state index in [4.69, 9.17) is 4.74 Å². The van der Waals surface area contributed by atoms with Crippen molar-refractivity contribution in [1.29, 1.82) is 0 Å². The third-order valence-electron chi connectivity index (χ3n) is 0.941. The summed E-state index contributed by atoms with van der Waals surface area (Å²) >= 11 is 0. The second-order valence-corrected chi connectivity index (χ2v) is 3.34. The van der Waals surface area contributed by atoms with E-state index in [0.717, 1.165) is 6.61 Å². The highest BCUT2D eigenvalue weighted by atomic mass is 16.6. The molecule has 1 heteroatoms. The fraction of sp³-hybridized carbons (Fsp3) is 0.750. The minimum atomic E-state index is 0.131. The summed E-state index contributed by atoms with van der Waals surface area (Å²) in [5, 5.41) is 0. The quantitative estimate of drug-likeness (QED) is 0.351. The number of hydrogen-bond donors (Lipinski definition) is 0. The number of rotatable bonds is 0. The average molecular weight is 124 g/mol. The monoisotopic (exact) mass is 124 g/mol. The Morgan fingerprint density at radius 3 is 2.33 bits per heavy atom. The van der Waals surface area contributed by atoms with Gasteiger partial charge in [0.05, 0.1) is 6.61 Å². The first-order valence-corrected chi connectivity index (χ1v) is 3.22. The molecule has 0 amide bonds. The predicted molar refractivity (Wildman–Crippen MR) is 37.0 cm³/mol. The number of epoxide rings is 1. The van der Waals surface area contributed by atoms with Gasteiger partial charge in [-0.25, -0.2) is 0 Å². The summed E-state index contributed by atoms with van der Waals surface area (Å²) in [6.07, 6.45) is 0.254. The minimum absolute atomic E-state index is 0.131. The predicted octanol–water partition coefficient (Wildman–Crippen LogP) is 1.43. The van der Waals surface area contributed by atoms with E-state index in [1.165, 1.54) is 0 Å². The first-order valence-electron chi connectivity index (χ1n) is 3.22. The summed E-state index contributed by atoms with van der Waals surface area (Å²) in [7, 11) is 0. The molecule has 0 saturated carbocycles. The molecule has 0 aromatic rings. The topological polar surface area (TPSA) is 12.5 Å². The van der Waals surface area contributed by atoms with Gasteiger partial charge >= 0.3 is 0 Å². The Morgan fingerprint density at radius 1 is 1.44 bits per heavy atom. The van der Waals surface area contributed by atoms with Crippen LogP contribution in [0.2, 0.25) is 0 Å². The largest absolute Gasteiger partial charge is 0.359 e. The normalized spacial score (nSPS) is 24.6. The maximum Gasteiger partial charge on any atom is 0.141 e. The van der Waals surface area contributed by atoms with Gasteiger partial charge in [-0.1, -0.05) is 11.8 Å². The molecule has 1 fully saturated rings. The Kier molecular flexibility index (Phi) is 1.50. The van der Waals surface area contributed by atoms with E-state index in [9.17, 15) is 0 Å². The van der Waals surface area contributed by atoms with Crippen molar-refractivity contribution in [3.05, 3.63) is 0 Å². The standard InChI is InChI=1S/C8H12O/c1-8(2,3)5-4-7-6-9-7/h7H,6H2,1-3H3. The van der Waals surface area contributed by atoms with Gasteiger partial charge < -0.3 is 4.74 Å². The molecule has 0 bridgehead atoms. The van der Waals surface area contributed by atoms with Crippen LogP contribution in [0.15, 0.2) is 0 Å². The van der Waals surface area contributed by atoms with E-state index >= 15 is 0 Å². The van der Waals surface area contributed by atoms with Gasteiger partial charge in [0.1, 0.15) is 6.10 Å². The average Bonchev–Trinajstić information content (AvgIpc) is 2.38. The molecule has 1 aliphatic rings. The van der Waals surface area contributed by atoms with Crippen LogP contribution in [0.25, 0.3) is 0 Å². The Hall–Kier alpha value is -0.480. The van der Waals surface area contributed by atoms with Crippen LogP contribution in [0.1, 0.15) is 20.8 Å². The lowest BCUT2D eigenvalue weighted by atomic mass is 9.98. The van der Waals surface area contributed by atoms with Gasteiger partial charge in [0, 0.05) is 5.41 Å². The molecule has 0 aliphatic carbocycles. The molecule has 0 radical (unpaired) electrons. The van der Waals surface area contributed by atoms with Crippen LogP contribution in [0.3, 0.4) is 0 Å². The van der Waals surface area contributed by atoms with Crippen molar-refractivity contribution < 1.29 is 4.74 Å². The van der Waals surface area contributed by atoms with Gasteiger partial charge in [-0.15, -0.1) is 0 Å². The summed E-state index contributed by atoms with van der Waals surface area (Å²) in [5.74, 6) is 6.13. The van der Waals surface area contributed by atoms with Crippen LogP contribution in [-0.2, 0) is 4.74 Å². The molecule has 1 heterocycles. The number of hydrogen-bond acceptors (Lipinski definition) is 1. The molecule has 1 saturated heterocycles. The van der Waals surface area contributed by atoms with Crippen molar-refractivity contribution in [3.63, 3.8) is 0 Å². The van der Waals surface area contributed by atoms with Crippen molar-refractivity contribution in [2.24, 2.45) is 5.41 Å². The van der Waals surface area contributed by atoms with Gasteiger partial charge in [-0.3, -0.25) is 0 Å². The fourth-order valence-electron chi connectivity index (χ4n) is 0.428. The summed E-state index contributed by atoms with van der Waals surface area (Å²) < 4.78 is 4.93. The lowest BCUT2D eigenvalue weighted by Gasteiger charge is -2.05. The molecule has 1 aliphatic heterocycles. The van der Waals surface area contributed by atoms with Gasteiger partial charge in [0.25, 0.3) is 0 Å². The number of ether oxygens (including phenoxy) is 1. The van der Waals surface area contributed by atoms with Crippen LogP contribution in [0.5, 0.6) is 0 Å². The molecule has 1 atom stereocenters. The van der Waals surface area contributed by atoms with E-state index in [1.54, 1.807) is 0 Å². The van der Waals surface area contributed by atoms with Crippen LogP contribution < -0.4 is 0 Å². The van der Waals surface area contributed by atoms with Gasteiger partial charge in [0.2, 0.25) is 0 Å². The van der Waals surface area contributed by atoms with Crippen molar-refractivity contribution in [2.75, 3.05) is 6.61 Å². The Morgan fingerprint density at radius 2 is 2.00 bits per heavy atom. The second kappa shape index (κ2) is 2.04. The first-order chi connectivity index (χ1) is 4.08. The summed E-state index contributed by atoms with van der Waals surface area (Å²) in [6, 6.07) is 0. The van der Waals surface area contributed by atoms with Crippen molar-refractivity contribution in [3.8, 4) is 11.8 Å². The third kappa shape index (κ3) is 3.16. The molecule has 1 rings (SSSR count). The second-order valence-electron chi connectivity index (χ2n) is 3.34. The maximum absolute atomic E-state index is 4.93. The zero-order valence-corrected chi connectivity index (χ0v) is 6.19. The van der Waals surface area contributed by atoms with Crippen LogP contribution >= 0.6 is 0 Å².